The number of piperazine rings is 1. The number of rotatable bonds is 5. The highest BCUT2D eigenvalue weighted by atomic mass is 16.5. The van der Waals surface area contributed by atoms with Crippen molar-refractivity contribution in [2.45, 2.75) is 13.0 Å². The number of nitrogens with zero attached hydrogens (tertiary/aromatic N) is 1. The Hall–Kier alpha value is -3.31. The van der Waals surface area contributed by atoms with Crippen LogP contribution in [0.5, 0.6) is 5.75 Å². The van der Waals surface area contributed by atoms with E-state index in [0.29, 0.717) is 6.61 Å². The number of nitrogens with one attached hydrogen (secondary N) is 2. The Kier molecular flexibility index (Phi) is 6.08. The van der Waals surface area contributed by atoms with Crippen molar-refractivity contribution in [3.05, 3.63) is 90.0 Å². The maximum atomic E-state index is 12.7. The molecule has 0 radical (unpaired) electrons. The first-order valence-electron chi connectivity index (χ1n) is 11.5. The van der Waals surface area contributed by atoms with Gasteiger partial charge in [0.2, 0.25) is 5.91 Å². The average Bonchev–Trinajstić information content (AvgIpc) is 2.85. The second kappa shape index (κ2) is 9.45. The minimum atomic E-state index is -0.162. The first kappa shape index (κ1) is 20.6. The largest absolute Gasteiger partial charge is 0.492 e. The Labute approximate surface area is 189 Å². The Morgan fingerprint density at radius 2 is 1.66 bits per heavy atom. The van der Waals surface area contributed by atoms with Gasteiger partial charge in [0.25, 0.3) is 0 Å². The fourth-order valence-corrected chi connectivity index (χ4v) is 4.64. The fraction of sp³-hybridized carbons (Fsp3) is 0.296. The zero-order valence-electron chi connectivity index (χ0n) is 18.3. The van der Waals surface area contributed by atoms with E-state index in [1.807, 2.05) is 36.4 Å². The summed E-state index contributed by atoms with van der Waals surface area (Å²) in [6.45, 7) is 5.89. The molecule has 2 heterocycles. The van der Waals surface area contributed by atoms with Crippen LogP contribution < -0.4 is 19.9 Å². The average molecular weight is 429 g/mol. The molecule has 164 valence electrons. The van der Waals surface area contributed by atoms with E-state index in [2.05, 4.69) is 52.7 Å². The molecule has 0 bridgehead atoms. The van der Waals surface area contributed by atoms with Crippen LogP contribution in [0.25, 0.3) is 0 Å². The summed E-state index contributed by atoms with van der Waals surface area (Å²) in [5.41, 5.74) is 4.56. The number of carbonyl (C=O) groups excluding carboxylic acids is 1. The van der Waals surface area contributed by atoms with Crippen LogP contribution in [0.15, 0.2) is 78.9 Å². The number of para-hydroxylation sites is 1. The Morgan fingerprint density at radius 3 is 2.44 bits per heavy atom. The van der Waals surface area contributed by atoms with Crippen molar-refractivity contribution in [1.29, 1.82) is 0 Å². The number of amides is 1. The van der Waals surface area contributed by atoms with Crippen molar-refractivity contribution in [2.24, 2.45) is 5.92 Å². The normalized spacial score (nSPS) is 18.5. The highest BCUT2D eigenvalue weighted by molar-refractivity contribution is 5.93. The van der Waals surface area contributed by atoms with E-state index >= 15 is 0 Å². The minimum absolute atomic E-state index is 0.0189. The van der Waals surface area contributed by atoms with Gasteiger partial charge in [-0.3, -0.25) is 4.79 Å². The lowest BCUT2D eigenvalue weighted by molar-refractivity contribution is -0.914. The zero-order chi connectivity index (χ0) is 21.8. The first-order chi connectivity index (χ1) is 15.7. The Morgan fingerprint density at radius 1 is 0.938 bits per heavy atom. The van der Waals surface area contributed by atoms with Gasteiger partial charge in [0.05, 0.1) is 32.1 Å². The molecule has 0 aliphatic carbocycles. The molecule has 0 unspecified atom stereocenters. The van der Waals surface area contributed by atoms with Crippen molar-refractivity contribution in [2.75, 3.05) is 43.0 Å². The van der Waals surface area contributed by atoms with Crippen LogP contribution >= 0.6 is 0 Å². The first-order valence-corrected chi connectivity index (χ1v) is 11.5. The van der Waals surface area contributed by atoms with Gasteiger partial charge in [0.15, 0.2) is 0 Å². The third-order valence-electron chi connectivity index (χ3n) is 6.52. The highest BCUT2D eigenvalue weighted by Crippen LogP contribution is 2.27. The van der Waals surface area contributed by atoms with Gasteiger partial charge < -0.3 is 19.9 Å². The monoisotopic (exact) mass is 428 g/mol. The number of ether oxygens (including phenoxy) is 1. The third-order valence-corrected chi connectivity index (χ3v) is 6.52. The van der Waals surface area contributed by atoms with Gasteiger partial charge in [-0.1, -0.05) is 48.5 Å². The second-order valence-electron chi connectivity index (χ2n) is 8.76. The molecule has 2 aliphatic heterocycles. The van der Waals surface area contributed by atoms with E-state index in [4.69, 9.17) is 4.74 Å². The summed E-state index contributed by atoms with van der Waals surface area (Å²) in [7, 11) is 0. The molecule has 0 spiro atoms. The van der Waals surface area contributed by atoms with Crippen LogP contribution in [0.3, 0.4) is 0 Å². The summed E-state index contributed by atoms with van der Waals surface area (Å²) in [6.07, 6.45) is 0.718. The van der Waals surface area contributed by atoms with Crippen molar-refractivity contribution < 1.29 is 14.4 Å². The van der Waals surface area contributed by atoms with Crippen molar-refractivity contribution in [3.8, 4) is 5.75 Å². The lowest BCUT2D eigenvalue weighted by Gasteiger charge is -2.33. The third kappa shape index (κ3) is 4.78. The van der Waals surface area contributed by atoms with Crippen LogP contribution in [0.2, 0.25) is 0 Å². The smallest absolute Gasteiger partial charge is 0.231 e. The van der Waals surface area contributed by atoms with E-state index in [0.717, 1.165) is 56.1 Å². The van der Waals surface area contributed by atoms with Crippen LogP contribution in [0.4, 0.5) is 11.4 Å². The molecular formula is C27H30N3O2+. The van der Waals surface area contributed by atoms with Crippen molar-refractivity contribution >= 4 is 17.3 Å². The standard InChI is InChI=1S/C27H29N3O2/c31-27(23-18-22-8-4-5-9-26(22)32-20-23)28-24-10-12-25(13-11-24)30-16-14-29(15-17-30)19-21-6-2-1-3-7-21/h1-13,23H,14-20H2,(H,28,31)/p+1/t23-/m0/s1. The number of quaternary nitrogens is 1. The van der Waals surface area contributed by atoms with Gasteiger partial charge in [-0.05, 0) is 42.3 Å². The Balaban J connectivity index is 1.13. The molecule has 3 aromatic rings. The molecule has 32 heavy (non-hydrogen) atoms. The lowest BCUT2D eigenvalue weighted by Crippen LogP contribution is -3.13. The minimum Gasteiger partial charge on any atom is -0.492 e. The summed E-state index contributed by atoms with van der Waals surface area (Å²) in [4.78, 5) is 16.8. The number of benzene rings is 3. The van der Waals surface area contributed by atoms with Gasteiger partial charge in [0.1, 0.15) is 18.9 Å². The maximum Gasteiger partial charge on any atom is 0.231 e. The van der Waals surface area contributed by atoms with Gasteiger partial charge >= 0.3 is 0 Å². The van der Waals surface area contributed by atoms with Crippen LogP contribution in [-0.2, 0) is 17.8 Å². The molecule has 5 rings (SSSR count). The summed E-state index contributed by atoms with van der Waals surface area (Å²) < 4.78 is 5.77. The van der Waals surface area contributed by atoms with Gasteiger partial charge in [-0.2, -0.15) is 0 Å². The van der Waals surface area contributed by atoms with E-state index in [9.17, 15) is 4.79 Å². The lowest BCUT2D eigenvalue weighted by atomic mass is 9.96. The molecule has 5 heteroatoms. The number of fused-ring (bicyclic) bond motifs is 1. The molecular weight excluding hydrogens is 398 g/mol. The molecule has 1 fully saturated rings. The molecule has 0 aromatic heterocycles. The molecule has 1 amide bonds. The van der Waals surface area contributed by atoms with E-state index < -0.39 is 0 Å². The van der Waals surface area contributed by atoms with E-state index in [-0.39, 0.29) is 11.8 Å². The van der Waals surface area contributed by atoms with E-state index in [1.165, 1.54) is 11.3 Å². The van der Waals surface area contributed by atoms with Gasteiger partial charge in [0, 0.05) is 16.9 Å². The summed E-state index contributed by atoms with van der Waals surface area (Å²) in [5, 5.41) is 3.07. The molecule has 2 N–H and O–H groups in total. The SMILES string of the molecule is O=C(Nc1ccc(N2CC[NH+](Cc3ccccc3)CC2)cc1)[C@@H]1COc2ccccc2C1. The number of anilines is 2. The summed E-state index contributed by atoms with van der Waals surface area (Å²) in [5.74, 6) is 0.752. The molecule has 5 nitrogen and oxygen atoms in total. The Bertz CT molecular complexity index is 1040. The summed E-state index contributed by atoms with van der Waals surface area (Å²) in [6, 6.07) is 26.9. The fourth-order valence-electron chi connectivity index (χ4n) is 4.64. The molecule has 1 atom stereocenters. The number of hydrogen-bond donors (Lipinski definition) is 2. The second-order valence-corrected chi connectivity index (χ2v) is 8.76. The molecule has 3 aromatic carbocycles. The quantitative estimate of drug-likeness (QED) is 0.657. The molecule has 2 aliphatic rings. The topological polar surface area (TPSA) is 46.0 Å². The van der Waals surface area contributed by atoms with Gasteiger partial charge in [-0.25, -0.2) is 0 Å². The number of carbonyl (C=O) groups is 1. The van der Waals surface area contributed by atoms with Crippen molar-refractivity contribution in [3.63, 3.8) is 0 Å². The van der Waals surface area contributed by atoms with Gasteiger partial charge in [-0.15, -0.1) is 0 Å². The predicted octanol–water partition coefficient (Wildman–Crippen LogP) is 2.78. The van der Waals surface area contributed by atoms with Crippen LogP contribution in [0.1, 0.15) is 11.1 Å². The molecule has 1 saturated heterocycles. The highest BCUT2D eigenvalue weighted by Gasteiger charge is 2.26. The summed E-state index contributed by atoms with van der Waals surface area (Å²) >= 11 is 0. The van der Waals surface area contributed by atoms with Crippen LogP contribution in [0, 0.1) is 5.92 Å². The zero-order valence-corrected chi connectivity index (χ0v) is 18.3. The van der Waals surface area contributed by atoms with Crippen LogP contribution in [-0.4, -0.2) is 38.7 Å². The number of hydrogen-bond acceptors (Lipinski definition) is 3. The van der Waals surface area contributed by atoms with Crippen molar-refractivity contribution in [1.82, 2.24) is 0 Å². The van der Waals surface area contributed by atoms with E-state index in [1.54, 1.807) is 4.90 Å². The maximum absolute atomic E-state index is 12.7. The predicted molar refractivity (Wildman–Crippen MR) is 127 cm³/mol. The molecule has 0 saturated carbocycles.